The van der Waals surface area contributed by atoms with E-state index >= 15 is 0 Å². The van der Waals surface area contributed by atoms with E-state index in [1.807, 2.05) is 0 Å². The Labute approximate surface area is 100 Å². The van der Waals surface area contributed by atoms with Crippen molar-refractivity contribution in [3.05, 3.63) is 23.5 Å². The van der Waals surface area contributed by atoms with Gasteiger partial charge in [-0.15, -0.1) is 11.3 Å². The van der Waals surface area contributed by atoms with Crippen molar-refractivity contribution in [1.82, 2.24) is 9.38 Å². The maximum atomic E-state index is 5.88. The molecule has 0 amide bonds. The molecule has 0 saturated heterocycles. The summed E-state index contributed by atoms with van der Waals surface area (Å²) in [6.45, 7) is 5.19. The molecule has 2 aromatic rings. The third kappa shape index (κ3) is 2.28. The summed E-state index contributed by atoms with van der Waals surface area (Å²) in [5.41, 5.74) is 7.23. The van der Waals surface area contributed by atoms with Gasteiger partial charge in [0.2, 0.25) is 0 Å². The number of thiazole rings is 1. The second-order valence-electron chi connectivity index (χ2n) is 4.77. The minimum atomic E-state index is 0.193. The lowest BCUT2D eigenvalue weighted by molar-refractivity contribution is 0.300. The van der Waals surface area contributed by atoms with Crippen molar-refractivity contribution in [3.8, 4) is 0 Å². The monoisotopic (exact) mass is 237 g/mol. The van der Waals surface area contributed by atoms with Gasteiger partial charge in [0.25, 0.3) is 0 Å². The number of nitrogens with two attached hydrogens (primary N) is 1. The third-order valence-corrected chi connectivity index (χ3v) is 3.87. The largest absolute Gasteiger partial charge is 0.330 e. The van der Waals surface area contributed by atoms with E-state index in [2.05, 4.69) is 41.0 Å². The Kier molecular flexibility index (Phi) is 3.30. The highest BCUT2D eigenvalue weighted by Gasteiger charge is 2.23. The molecule has 3 nitrogen and oxygen atoms in total. The van der Waals surface area contributed by atoms with Crippen molar-refractivity contribution in [2.24, 2.45) is 11.1 Å². The lowest BCUT2D eigenvalue weighted by atomic mass is 9.81. The lowest BCUT2D eigenvalue weighted by Gasteiger charge is -2.26. The molecule has 1 atom stereocenters. The van der Waals surface area contributed by atoms with Crippen LogP contribution >= 0.6 is 11.3 Å². The fraction of sp³-hybridized carbons (Fsp3) is 0.583. The van der Waals surface area contributed by atoms with Gasteiger partial charge in [-0.1, -0.05) is 20.3 Å². The minimum Gasteiger partial charge on any atom is -0.330 e. The summed E-state index contributed by atoms with van der Waals surface area (Å²) in [4.78, 5) is 5.69. The van der Waals surface area contributed by atoms with E-state index in [1.165, 1.54) is 6.42 Å². The van der Waals surface area contributed by atoms with Crippen molar-refractivity contribution in [3.63, 3.8) is 0 Å². The highest BCUT2D eigenvalue weighted by Crippen LogP contribution is 2.27. The van der Waals surface area contributed by atoms with Crippen LogP contribution in [0.4, 0.5) is 0 Å². The normalized spacial score (nSPS) is 15.4. The number of imidazole rings is 1. The fourth-order valence-corrected chi connectivity index (χ4v) is 2.88. The molecule has 0 bridgehead atoms. The Morgan fingerprint density at radius 1 is 1.56 bits per heavy atom. The van der Waals surface area contributed by atoms with E-state index in [-0.39, 0.29) is 5.41 Å². The molecule has 2 aromatic heterocycles. The molecule has 4 heteroatoms. The molecular formula is C12H19N3S. The SMILES string of the molecule is CCCC(C)(CN)Cc1cn2ccsc2n1. The van der Waals surface area contributed by atoms with Crippen LogP contribution in [0.2, 0.25) is 0 Å². The second kappa shape index (κ2) is 4.55. The first-order chi connectivity index (χ1) is 7.67. The van der Waals surface area contributed by atoms with Gasteiger partial charge in [-0.25, -0.2) is 4.98 Å². The van der Waals surface area contributed by atoms with Crippen LogP contribution in [0.25, 0.3) is 4.96 Å². The molecule has 0 saturated carbocycles. The van der Waals surface area contributed by atoms with Crippen LogP contribution in [0.15, 0.2) is 17.8 Å². The minimum absolute atomic E-state index is 0.193. The van der Waals surface area contributed by atoms with Crippen LogP contribution in [0.3, 0.4) is 0 Å². The van der Waals surface area contributed by atoms with Crippen LogP contribution in [-0.2, 0) is 6.42 Å². The Morgan fingerprint density at radius 3 is 3.00 bits per heavy atom. The molecule has 2 heterocycles. The molecule has 0 radical (unpaired) electrons. The quantitative estimate of drug-likeness (QED) is 0.869. The molecule has 0 spiro atoms. The molecule has 2 N–H and O–H groups in total. The molecule has 0 aliphatic rings. The molecule has 0 fully saturated rings. The highest BCUT2D eigenvalue weighted by molar-refractivity contribution is 7.15. The number of aromatic nitrogens is 2. The second-order valence-corrected chi connectivity index (χ2v) is 5.64. The summed E-state index contributed by atoms with van der Waals surface area (Å²) in [5.74, 6) is 0. The van der Waals surface area contributed by atoms with Gasteiger partial charge < -0.3 is 5.73 Å². The maximum Gasteiger partial charge on any atom is 0.193 e. The number of rotatable bonds is 5. The standard InChI is InChI=1S/C12H19N3S/c1-3-4-12(2,9-13)7-10-8-15-5-6-16-11(15)14-10/h5-6,8H,3-4,7,9,13H2,1-2H3. The van der Waals surface area contributed by atoms with Crippen LogP contribution < -0.4 is 5.73 Å². The van der Waals surface area contributed by atoms with Crippen LogP contribution in [-0.4, -0.2) is 15.9 Å². The predicted octanol–water partition coefficient (Wildman–Crippen LogP) is 2.70. The van der Waals surface area contributed by atoms with E-state index in [9.17, 15) is 0 Å². The molecule has 0 aromatic carbocycles. The number of nitrogens with zero attached hydrogens (tertiary/aromatic N) is 2. The molecule has 2 rings (SSSR count). The summed E-state index contributed by atoms with van der Waals surface area (Å²) in [7, 11) is 0. The Morgan fingerprint density at radius 2 is 2.38 bits per heavy atom. The van der Waals surface area contributed by atoms with Crippen LogP contribution in [0.5, 0.6) is 0 Å². The molecule has 16 heavy (non-hydrogen) atoms. The summed E-state index contributed by atoms with van der Waals surface area (Å²) in [5, 5.41) is 2.06. The summed E-state index contributed by atoms with van der Waals surface area (Å²) >= 11 is 1.68. The van der Waals surface area contributed by atoms with Crippen molar-refractivity contribution >= 4 is 16.3 Å². The van der Waals surface area contributed by atoms with E-state index in [4.69, 9.17) is 5.73 Å². The van der Waals surface area contributed by atoms with E-state index in [0.29, 0.717) is 0 Å². The first-order valence-corrected chi connectivity index (χ1v) is 6.66. The first kappa shape index (κ1) is 11.6. The Balaban J connectivity index is 2.16. The average molecular weight is 237 g/mol. The first-order valence-electron chi connectivity index (χ1n) is 5.78. The molecule has 88 valence electrons. The average Bonchev–Trinajstić information content (AvgIpc) is 2.78. The van der Waals surface area contributed by atoms with Crippen molar-refractivity contribution in [2.45, 2.75) is 33.1 Å². The Hall–Kier alpha value is -0.870. The fourth-order valence-electron chi connectivity index (χ4n) is 2.16. The predicted molar refractivity (Wildman–Crippen MR) is 68.8 cm³/mol. The van der Waals surface area contributed by atoms with Gasteiger partial charge in [-0.3, -0.25) is 4.40 Å². The van der Waals surface area contributed by atoms with Crippen molar-refractivity contribution in [1.29, 1.82) is 0 Å². The van der Waals surface area contributed by atoms with Gasteiger partial charge in [0.1, 0.15) is 0 Å². The maximum absolute atomic E-state index is 5.88. The Bertz CT molecular complexity index is 431. The van der Waals surface area contributed by atoms with E-state index in [1.54, 1.807) is 11.3 Å². The van der Waals surface area contributed by atoms with Gasteiger partial charge in [0.15, 0.2) is 4.96 Å². The smallest absolute Gasteiger partial charge is 0.193 e. The lowest BCUT2D eigenvalue weighted by Crippen LogP contribution is -2.29. The van der Waals surface area contributed by atoms with Gasteiger partial charge in [-0.2, -0.15) is 0 Å². The zero-order valence-electron chi connectivity index (χ0n) is 9.94. The van der Waals surface area contributed by atoms with Crippen molar-refractivity contribution < 1.29 is 0 Å². The van der Waals surface area contributed by atoms with E-state index in [0.717, 1.165) is 30.0 Å². The van der Waals surface area contributed by atoms with Gasteiger partial charge >= 0.3 is 0 Å². The van der Waals surface area contributed by atoms with Crippen LogP contribution in [0.1, 0.15) is 32.4 Å². The molecule has 0 aliphatic carbocycles. The number of hydrogen-bond donors (Lipinski definition) is 1. The molecular weight excluding hydrogens is 218 g/mol. The van der Waals surface area contributed by atoms with Gasteiger partial charge in [0.05, 0.1) is 5.69 Å². The molecule has 0 aliphatic heterocycles. The van der Waals surface area contributed by atoms with Crippen molar-refractivity contribution in [2.75, 3.05) is 6.54 Å². The zero-order chi connectivity index (χ0) is 11.6. The number of hydrogen-bond acceptors (Lipinski definition) is 3. The molecule has 1 unspecified atom stereocenters. The summed E-state index contributed by atoms with van der Waals surface area (Å²) < 4.78 is 2.09. The summed E-state index contributed by atoms with van der Waals surface area (Å²) in [6.07, 6.45) is 7.49. The third-order valence-electron chi connectivity index (χ3n) is 3.10. The topological polar surface area (TPSA) is 43.3 Å². The van der Waals surface area contributed by atoms with Gasteiger partial charge in [0, 0.05) is 17.8 Å². The highest BCUT2D eigenvalue weighted by atomic mass is 32.1. The zero-order valence-corrected chi connectivity index (χ0v) is 10.8. The summed E-state index contributed by atoms with van der Waals surface area (Å²) in [6, 6.07) is 0. The van der Waals surface area contributed by atoms with Gasteiger partial charge in [-0.05, 0) is 24.8 Å². The van der Waals surface area contributed by atoms with E-state index < -0.39 is 0 Å². The number of fused-ring (bicyclic) bond motifs is 1. The van der Waals surface area contributed by atoms with Crippen LogP contribution in [0, 0.1) is 5.41 Å².